The summed E-state index contributed by atoms with van der Waals surface area (Å²) in [7, 11) is 1.48. The van der Waals surface area contributed by atoms with Crippen molar-refractivity contribution >= 4 is 11.4 Å². The van der Waals surface area contributed by atoms with E-state index < -0.39 is 4.92 Å². The molecule has 0 atom stereocenters. The third kappa shape index (κ3) is 2.88. The van der Waals surface area contributed by atoms with Crippen LogP contribution in [0.4, 0.5) is 11.4 Å². The number of hydrogen-bond acceptors (Lipinski definition) is 5. The van der Waals surface area contributed by atoms with Crippen LogP contribution in [0.5, 0.6) is 5.75 Å². The molecule has 3 rings (SSSR count). The monoisotopic (exact) mass is 305 g/mol. The van der Waals surface area contributed by atoms with Gasteiger partial charge in [0.2, 0.25) is 0 Å². The van der Waals surface area contributed by atoms with Gasteiger partial charge in [-0.15, -0.1) is 0 Å². The lowest BCUT2D eigenvalue weighted by molar-refractivity contribution is -0.385. The second-order valence-electron chi connectivity index (χ2n) is 6.35. The molecule has 0 aromatic heterocycles. The Bertz CT molecular complexity index is 546. The van der Waals surface area contributed by atoms with Gasteiger partial charge in [0, 0.05) is 30.9 Å². The van der Waals surface area contributed by atoms with Gasteiger partial charge >= 0.3 is 5.69 Å². The Labute approximate surface area is 130 Å². The van der Waals surface area contributed by atoms with Crippen molar-refractivity contribution < 1.29 is 9.66 Å². The van der Waals surface area contributed by atoms with Gasteiger partial charge in [0.15, 0.2) is 5.75 Å². The van der Waals surface area contributed by atoms with Crippen LogP contribution in [-0.2, 0) is 0 Å². The van der Waals surface area contributed by atoms with Crippen molar-refractivity contribution in [3.63, 3.8) is 0 Å². The Morgan fingerprint density at radius 1 is 1.23 bits per heavy atom. The molecule has 0 bridgehead atoms. The summed E-state index contributed by atoms with van der Waals surface area (Å²) in [6, 6.07) is 5.17. The third-order valence-electron chi connectivity index (χ3n) is 5.21. The fourth-order valence-corrected chi connectivity index (χ4v) is 3.71. The fraction of sp³-hybridized carbons (Fsp3) is 0.625. The first-order valence-electron chi connectivity index (χ1n) is 7.92. The zero-order valence-corrected chi connectivity index (χ0v) is 13.0. The fourth-order valence-electron chi connectivity index (χ4n) is 3.71. The van der Waals surface area contributed by atoms with E-state index in [4.69, 9.17) is 4.74 Å². The number of hydrogen-bond donors (Lipinski definition) is 1. The quantitative estimate of drug-likeness (QED) is 0.686. The number of rotatable bonds is 3. The molecule has 0 amide bonds. The van der Waals surface area contributed by atoms with Crippen LogP contribution in [0.25, 0.3) is 0 Å². The van der Waals surface area contributed by atoms with E-state index in [-0.39, 0.29) is 5.69 Å². The summed E-state index contributed by atoms with van der Waals surface area (Å²) in [6.07, 6.45) is 4.94. The summed E-state index contributed by atoms with van der Waals surface area (Å²) in [4.78, 5) is 12.9. The molecule has 1 aromatic rings. The summed E-state index contributed by atoms with van der Waals surface area (Å²) in [5.74, 6) is 0.338. The predicted molar refractivity (Wildman–Crippen MR) is 85.6 cm³/mol. The van der Waals surface area contributed by atoms with E-state index in [1.165, 1.54) is 32.8 Å². The Hall–Kier alpha value is -1.82. The van der Waals surface area contributed by atoms with E-state index in [1.807, 2.05) is 6.07 Å². The molecule has 1 spiro atoms. The van der Waals surface area contributed by atoms with Crippen molar-refractivity contribution in [2.75, 3.05) is 38.2 Å². The summed E-state index contributed by atoms with van der Waals surface area (Å²) in [5, 5.41) is 14.4. The maximum atomic E-state index is 11.0. The van der Waals surface area contributed by atoms with Crippen LogP contribution in [0.1, 0.15) is 25.7 Å². The highest BCUT2D eigenvalue weighted by Crippen LogP contribution is 2.41. The Kier molecular flexibility index (Phi) is 4.20. The van der Waals surface area contributed by atoms with E-state index in [1.54, 1.807) is 12.1 Å². The highest BCUT2D eigenvalue weighted by molar-refractivity contribution is 5.59. The van der Waals surface area contributed by atoms with Crippen molar-refractivity contribution in [2.45, 2.75) is 25.7 Å². The number of ether oxygens (including phenoxy) is 1. The molecular weight excluding hydrogens is 282 g/mol. The van der Waals surface area contributed by atoms with Crippen LogP contribution in [0.3, 0.4) is 0 Å². The molecule has 120 valence electrons. The summed E-state index contributed by atoms with van der Waals surface area (Å²) in [5.41, 5.74) is 1.55. The van der Waals surface area contributed by atoms with Crippen LogP contribution in [0.15, 0.2) is 18.2 Å². The Balaban J connectivity index is 1.72. The van der Waals surface area contributed by atoms with E-state index in [0.717, 1.165) is 31.9 Å². The van der Waals surface area contributed by atoms with Gasteiger partial charge in [0.1, 0.15) is 0 Å². The number of nitro benzene ring substituents is 1. The number of benzene rings is 1. The summed E-state index contributed by atoms with van der Waals surface area (Å²) < 4.78 is 5.17. The van der Waals surface area contributed by atoms with Gasteiger partial charge in [0.25, 0.3) is 0 Å². The van der Waals surface area contributed by atoms with Gasteiger partial charge in [-0.2, -0.15) is 0 Å². The average Bonchev–Trinajstić information content (AvgIpc) is 2.55. The number of nitrogens with zero attached hydrogens (tertiary/aromatic N) is 2. The number of methoxy groups -OCH3 is 1. The van der Waals surface area contributed by atoms with Gasteiger partial charge in [-0.25, -0.2) is 0 Å². The summed E-state index contributed by atoms with van der Waals surface area (Å²) in [6.45, 7) is 4.29. The first-order valence-corrected chi connectivity index (χ1v) is 7.92. The molecule has 1 N–H and O–H groups in total. The predicted octanol–water partition coefficient (Wildman–Crippen LogP) is 2.57. The molecule has 1 aromatic carbocycles. The van der Waals surface area contributed by atoms with Gasteiger partial charge < -0.3 is 15.0 Å². The molecule has 22 heavy (non-hydrogen) atoms. The van der Waals surface area contributed by atoms with Crippen molar-refractivity contribution in [3.05, 3.63) is 28.3 Å². The lowest BCUT2D eigenvalue weighted by Crippen LogP contribution is -2.45. The zero-order chi connectivity index (χ0) is 15.6. The minimum atomic E-state index is -0.400. The lowest BCUT2D eigenvalue weighted by Gasteiger charge is -2.45. The Morgan fingerprint density at radius 3 is 2.50 bits per heavy atom. The first-order chi connectivity index (χ1) is 10.6. The highest BCUT2D eigenvalue weighted by atomic mass is 16.6. The maximum absolute atomic E-state index is 11.0. The minimum Gasteiger partial charge on any atom is -0.490 e. The van der Waals surface area contributed by atoms with Crippen LogP contribution >= 0.6 is 0 Å². The first kappa shape index (κ1) is 15.1. The van der Waals surface area contributed by atoms with Crippen molar-refractivity contribution in [1.82, 2.24) is 5.32 Å². The smallest absolute Gasteiger partial charge is 0.311 e. The second kappa shape index (κ2) is 6.12. The van der Waals surface area contributed by atoms with E-state index >= 15 is 0 Å². The number of anilines is 1. The molecule has 0 unspecified atom stereocenters. The molecule has 0 aliphatic carbocycles. The molecule has 0 saturated carbocycles. The standard InChI is InChI=1S/C16H23N3O3/c1-22-15-12-13(2-3-14(15)19(20)21)18-10-6-16(7-11-18)4-8-17-9-5-16/h2-3,12,17H,4-11H2,1H3. The largest absolute Gasteiger partial charge is 0.490 e. The Morgan fingerprint density at radius 2 is 1.91 bits per heavy atom. The van der Waals surface area contributed by atoms with Crippen molar-refractivity contribution in [2.24, 2.45) is 5.41 Å². The van der Waals surface area contributed by atoms with E-state index in [9.17, 15) is 10.1 Å². The lowest BCUT2D eigenvalue weighted by atomic mass is 9.71. The maximum Gasteiger partial charge on any atom is 0.311 e. The molecule has 6 nitrogen and oxygen atoms in total. The second-order valence-corrected chi connectivity index (χ2v) is 6.35. The van der Waals surface area contributed by atoms with Gasteiger partial charge in [-0.1, -0.05) is 0 Å². The van der Waals surface area contributed by atoms with Crippen LogP contribution in [-0.4, -0.2) is 38.2 Å². The average molecular weight is 305 g/mol. The third-order valence-corrected chi connectivity index (χ3v) is 5.21. The normalized spacial score (nSPS) is 20.9. The zero-order valence-electron chi connectivity index (χ0n) is 13.0. The van der Waals surface area contributed by atoms with Gasteiger partial charge in [-0.05, 0) is 50.3 Å². The molecule has 2 aliphatic rings. The molecule has 2 saturated heterocycles. The van der Waals surface area contributed by atoms with Crippen LogP contribution in [0.2, 0.25) is 0 Å². The van der Waals surface area contributed by atoms with Crippen LogP contribution in [0, 0.1) is 15.5 Å². The topological polar surface area (TPSA) is 67.6 Å². The molecule has 2 heterocycles. The molecule has 6 heteroatoms. The van der Waals surface area contributed by atoms with E-state index in [0.29, 0.717) is 11.2 Å². The van der Waals surface area contributed by atoms with Gasteiger partial charge in [0.05, 0.1) is 12.0 Å². The number of nitrogens with one attached hydrogen (secondary N) is 1. The minimum absolute atomic E-state index is 0.0260. The summed E-state index contributed by atoms with van der Waals surface area (Å²) >= 11 is 0. The molecule has 2 fully saturated rings. The van der Waals surface area contributed by atoms with Crippen LogP contribution < -0.4 is 15.0 Å². The SMILES string of the molecule is COc1cc(N2CCC3(CCNCC3)CC2)ccc1[N+](=O)[O-]. The number of piperidine rings is 2. The molecule has 2 aliphatic heterocycles. The van der Waals surface area contributed by atoms with Gasteiger partial charge in [-0.3, -0.25) is 10.1 Å². The highest BCUT2D eigenvalue weighted by Gasteiger charge is 2.35. The van der Waals surface area contributed by atoms with E-state index in [2.05, 4.69) is 10.2 Å². The van der Waals surface area contributed by atoms with Crippen molar-refractivity contribution in [1.29, 1.82) is 0 Å². The number of nitro groups is 1. The van der Waals surface area contributed by atoms with Crippen molar-refractivity contribution in [3.8, 4) is 5.75 Å². The molecular formula is C16H23N3O3. The molecule has 0 radical (unpaired) electrons.